The molecule has 56 heavy (non-hydrogen) atoms. The minimum absolute atomic E-state index is 0.00900. The molecule has 2 aliphatic rings. The maximum absolute atomic E-state index is 14.3. The zero-order valence-corrected chi connectivity index (χ0v) is 32.6. The first-order valence-corrected chi connectivity index (χ1v) is 19.6. The Balaban J connectivity index is 1.49. The lowest BCUT2D eigenvalue weighted by Gasteiger charge is -2.26. The summed E-state index contributed by atoms with van der Waals surface area (Å²) in [6.45, 7) is 4.85. The molecule has 294 valence electrons. The SMILES string of the molecule is CC(C)(C)OC(=O)CC[C@@H]1NC(=O)[C@@H](Cc2ccc(-c3ccccc3)cc2)NC(=O)[C@H](Cc2cccs2)CC(=O)COc2ccc(cc2)C[C@@H](C(=O)O)CC1=O. The first-order valence-electron chi connectivity index (χ1n) is 18.7. The number of esters is 1. The number of carboxylic acid groups (broad SMARTS) is 1. The van der Waals surface area contributed by atoms with Gasteiger partial charge in [0, 0.05) is 36.5 Å². The van der Waals surface area contributed by atoms with Gasteiger partial charge in [-0.25, -0.2) is 0 Å². The van der Waals surface area contributed by atoms with E-state index in [4.69, 9.17) is 9.47 Å². The monoisotopic (exact) mass is 780 g/mol. The van der Waals surface area contributed by atoms with Crippen molar-refractivity contribution >= 4 is 46.7 Å². The molecule has 3 N–H and O–H groups in total. The van der Waals surface area contributed by atoms with Crippen LogP contribution in [0.1, 0.15) is 62.5 Å². The number of ether oxygens (including phenoxy) is 2. The summed E-state index contributed by atoms with van der Waals surface area (Å²) in [5.74, 6) is -5.51. The minimum atomic E-state index is -1.27. The van der Waals surface area contributed by atoms with Crippen LogP contribution in [0, 0.1) is 11.8 Å². The molecule has 2 amide bonds. The Labute approximate surface area is 330 Å². The number of fused-ring (bicyclic) bond motifs is 16. The molecule has 12 heteroatoms. The van der Waals surface area contributed by atoms with Gasteiger partial charge in [0.15, 0.2) is 11.6 Å². The fraction of sp³-hybridized carbons (Fsp3) is 0.364. The van der Waals surface area contributed by atoms with Gasteiger partial charge in [0.2, 0.25) is 11.8 Å². The number of carboxylic acids is 1. The van der Waals surface area contributed by atoms with Gasteiger partial charge in [-0.1, -0.05) is 72.8 Å². The number of amides is 2. The summed E-state index contributed by atoms with van der Waals surface area (Å²) in [5, 5.41) is 17.7. The molecular weight excluding hydrogens is 733 g/mol. The number of hydrogen-bond acceptors (Lipinski definition) is 9. The van der Waals surface area contributed by atoms with Crippen molar-refractivity contribution in [1.29, 1.82) is 0 Å². The molecule has 3 aromatic carbocycles. The zero-order valence-electron chi connectivity index (χ0n) is 31.8. The van der Waals surface area contributed by atoms with Crippen molar-refractivity contribution in [3.8, 4) is 16.9 Å². The highest BCUT2D eigenvalue weighted by Gasteiger charge is 2.33. The van der Waals surface area contributed by atoms with Crippen LogP contribution in [0.5, 0.6) is 5.75 Å². The molecule has 6 rings (SSSR count). The molecule has 0 aliphatic carbocycles. The van der Waals surface area contributed by atoms with Gasteiger partial charge in [-0.2, -0.15) is 0 Å². The van der Waals surface area contributed by atoms with E-state index in [0.717, 1.165) is 21.6 Å². The van der Waals surface area contributed by atoms with Crippen LogP contribution in [0.4, 0.5) is 0 Å². The molecule has 0 fully saturated rings. The number of hydrogen-bond donors (Lipinski definition) is 3. The van der Waals surface area contributed by atoms with Crippen molar-refractivity contribution in [2.24, 2.45) is 11.8 Å². The standard InChI is InChI=1S/C44H48N2O9S/c1-44(2,3)55-40(49)20-19-37-39(48)26-33(43(52)53)22-28-13-17-35(18-14-28)54-27-34(47)24-32(25-36-10-7-21-56-36)41(50)46-38(42(51)45-37)23-29-11-15-31(16-12-29)30-8-5-4-6-9-30/h4-18,21,32-33,37-38H,19-20,22-27H2,1-3H3,(H,45,51)(H,46,50)(H,52,53)/t32-,33+,37-,38+/m0/s1. The molecule has 0 spiro atoms. The van der Waals surface area contributed by atoms with E-state index in [9.17, 15) is 33.9 Å². The first-order chi connectivity index (χ1) is 26.7. The Morgan fingerprint density at radius 2 is 1.46 bits per heavy atom. The van der Waals surface area contributed by atoms with E-state index in [0.29, 0.717) is 11.3 Å². The van der Waals surface area contributed by atoms with E-state index in [-0.39, 0.29) is 50.9 Å². The van der Waals surface area contributed by atoms with Gasteiger partial charge >= 0.3 is 11.9 Å². The number of rotatable bonds is 9. The average molecular weight is 781 g/mol. The van der Waals surface area contributed by atoms with Gasteiger partial charge in [0.05, 0.1) is 12.0 Å². The number of Topliss-reactive ketones (excluding diaryl/α,β-unsaturated/α-hetero) is 2. The van der Waals surface area contributed by atoms with Crippen molar-refractivity contribution in [2.45, 2.75) is 83.4 Å². The number of benzene rings is 3. The number of carbonyl (C=O) groups is 6. The second-order valence-corrected chi connectivity index (χ2v) is 16.1. The molecule has 0 unspecified atom stereocenters. The van der Waals surface area contributed by atoms with Gasteiger partial charge in [0.1, 0.15) is 24.0 Å². The maximum atomic E-state index is 14.3. The fourth-order valence-electron chi connectivity index (χ4n) is 6.50. The highest BCUT2D eigenvalue weighted by atomic mass is 32.1. The number of thiophene rings is 1. The molecule has 0 saturated heterocycles. The van der Waals surface area contributed by atoms with Crippen LogP contribution in [-0.4, -0.2) is 64.7 Å². The first kappa shape index (κ1) is 41.5. The summed E-state index contributed by atoms with van der Waals surface area (Å²) in [4.78, 5) is 81.8. The minimum Gasteiger partial charge on any atom is -0.486 e. The molecule has 2 bridgehead atoms. The lowest BCUT2D eigenvalue weighted by atomic mass is 9.90. The Kier molecular flexibility index (Phi) is 14.3. The van der Waals surface area contributed by atoms with Crippen LogP contribution < -0.4 is 15.4 Å². The van der Waals surface area contributed by atoms with Crippen molar-refractivity contribution < 1.29 is 43.3 Å². The smallest absolute Gasteiger partial charge is 0.307 e. The van der Waals surface area contributed by atoms with Crippen LogP contribution in [0.3, 0.4) is 0 Å². The second-order valence-electron chi connectivity index (χ2n) is 15.1. The Morgan fingerprint density at radius 1 is 0.786 bits per heavy atom. The number of aliphatic carboxylic acids is 1. The second kappa shape index (κ2) is 19.3. The third-order valence-electron chi connectivity index (χ3n) is 9.37. The van der Waals surface area contributed by atoms with E-state index in [2.05, 4.69) is 10.6 Å². The summed E-state index contributed by atoms with van der Waals surface area (Å²) in [7, 11) is 0. The topological polar surface area (TPSA) is 165 Å². The Bertz CT molecular complexity index is 1970. The van der Waals surface area contributed by atoms with Gasteiger partial charge in [-0.15, -0.1) is 11.3 Å². The summed E-state index contributed by atoms with van der Waals surface area (Å²) in [6, 6.07) is 25.1. The van der Waals surface area contributed by atoms with Crippen LogP contribution in [0.2, 0.25) is 0 Å². The van der Waals surface area contributed by atoms with Crippen molar-refractivity contribution in [3.63, 3.8) is 0 Å². The molecule has 1 aromatic heterocycles. The quantitative estimate of drug-likeness (QED) is 0.169. The number of nitrogens with one attached hydrogen (secondary N) is 2. The van der Waals surface area contributed by atoms with Crippen molar-refractivity contribution in [1.82, 2.24) is 10.6 Å². The summed E-state index contributed by atoms with van der Waals surface area (Å²) in [5.41, 5.74) is 2.51. The van der Waals surface area contributed by atoms with Crippen LogP contribution in [-0.2, 0) is 52.8 Å². The fourth-order valence-corrected chi connectivity index (χ4v) is 7.29. The normalized spacial score (nSPS) is 20.1. The average Bonchev–Trinajstić information content (AvgIpc) is 3.68. The number of ketones is 2. The van der Waals surface area contributed by atoms with Gasteiger partial charge in [-0.05, 0) is 85.9 Å². The van der Waals surface area contributed by atoms with E-state index in [1.165, 1.54) is 11.3 Å². The van der Waals surface area contributed by atoms with Crippen LogP contribution in [0.25, 0.3) is 11.1 Å². The van der Waals surface area contributed by atoms with E-state index >= 15 is 0 Å². The summed E-state index contributed by atoms with van der Waals surface area (Å²) < 4.78 is 11.2. The van der Waals surface area contributed by atoms with Crippen LogP contribution >= 0.6 is 11.3 Å². The van der Waals surface area contributed by atoms with Gasteiger partial charge in [0.25, 0.3) is 0 Å². The highest BCUT2D eigenvalue weighted by molar-refractivity contribution is 7.09. The molecule has 2 aliphatic heterocycles. The Morgan fingerprint density at radius 3 is 2.11 bits per heavy atom. The molecule has 3 heterocycles. The zero-order chi connectivity index (χ0) is 40.2. The predicted molar refractivity (Wildman–Crippen MR) is 212 cm³/mol. The van der Waals surface area contributed by atoms with Crippen molar-refractivity contribution in [2.75, 3.05) is 6.61 Å². The lowest BCUT2D eigenvalue weighted by Crippen LogP contribution is -2.54. The third kappa shape index (κ3) is 12.7. The molecule has 4 atom stereocenters. The van der Waals surface area contributed by atoms with E-state index in [1.807, 2.05) is 72.1 Å². The van der Waals surface area contributed by atoms with E-state index < -0.39 is 65.5 Å². The molecule has 11 nitrogen and oxygen atoms in total. The van der Waals surface area contributed by atoms with Crippen molar-refractivity contribution in [3.05, 3.63) is 112 Å². The third-order valence-corrected chi connectivity index (χ3v) is 10.3. The molecule has 0 saturated carbocycles. The largest absolute Gasteiger partial charge is 0.486 e. The lowest BCUT2D eigenvalue weighted by molar-refractivity contribution is -0.155. The maximum Gasteiger partial charge on any atom is 0.307 e. The molecule has 0 radical (unpaired) electrons. The van der Waals surface area contributed by atoms with Gasteiger partial charge in [-0.3, -0.25) is 28.8 Å². The molecular formula is C44H48N2O9S. The van der Waals surface area contributed by atoms with Crippen LogP contribution in [0.15, 0.2) is 96.4 Å². The molecule has 4 aromatic rings. The number of carbonyl (C=O) groups excluding carboxylic acids is 5. The summed E-state index contributed by atoms with van der Waals surface area (Å²) in [6.07, 6.45) is -0.668. The summed E-state index contributed by atoms with van der Waals surface area (Å²) >= 11 is 1.45. The van der Waals surface area contributed by atoms with Gasteiger partial charge < -0.3 is 25.2 Å². The highest BCUT2D eigenvalue weighted by Crippen LogP contribution is 2.23. The predicted octanol–water partition coefficient (Wildman–Crippen LogP) is 6.16. The van der Waals surface area contributed by atoms with E-state index in [1.54, 1.807) is 45.0 Å². The Hall–Kier alpha value is -5.62.